The third-order valence-corrected chi connectivity index (χ3v) is 6.49. The van der Waals surface area contributed by atoms with Gasteiger partial charge in [-0.2, -0.15) is 0 Å². The highest BCUT2D eigenvalue weighted by molar-refractivity contribution is 5.79. The first-order chi connectivity index (χ1) is 15.2. The smallest absolute Gasteiger partial charge is 0.191 e. The van der Waals surface area contributed by atoms with Crippen LogP contribution in [0.4, 0.5) is 0 Å². The lowest BCUT2D eigenvalue weighted by Crippen LogP contribution is -2.43. The average Bonchev–Trinajstić information content (AvgIpc) is 3.28. The quantitative estimate of drug-likeness (QED) is 0.414. The number of nitrogens with one attached hydrogen (secondary N) is 2. The number of aliphatic imine (C=N–C) groups is 1. The minimum atomic E-state index is 0.335. The van der Waals surface area contributed by atoms with Crippen LogP contribution in [0.5, 0.6) is 5.75 Å². The van der Waals surface area contributed by atoms with Gasteiger partial charge in [0.25, 0.3) is 0 Å². The van der Waals surface area contributed by atoms with Crippen molar-refractivity contribution in [1.82, 2.24) is 15.5 Å². The maximum Gasteiger partial charge on any atom is 0.191 e. The molecule has 1 aromatic rings. The van der Waals surface area contributed by atoms with Crippen LogP contribution in [0, 0.1) is 5.41 Å². The molecule has 2 N–H and O–H groups in total. The Morgan fingerprint density at radius 3 is 2.71 bits per heavy atom. The van der Waals surface area contributed by atoms with E-state index in [4.69, 9.17) is 14.2 Å². The molecule has 7 heteroatoms. The molecule has 0 unspecified atom stereocenters. The molecule has 0 spiro atoms. The Bertz CT molecular complexity index is 671. The zero-order valence-corrected chi connectivity index (χ0v) is 19.3. The molecular weight excluding hydrogens is 392 g/mol. The number of hydrogen-bond acceptors (Lipinski definition) is 5. The van der Waals surface area contributed by atoms with Gasteiger partial charge < -0.3 is 24.8 Å². The van der Waals surface area contributed by atoms with E-state index in [1.165, 1.54) is 31.2 Å². The van der Waals surface area contributed by atoms with Crippen LogP contribution < -0.4 is 15.4 Å². The van der Waals surface area contributed by atoms with E-state index in [0.29, 0.717) is 18.6 Å². The third-order valence-electron chi connectivity index (χ3n) is 6.49. The minimum Gasteiger partial charge on any atom is -0.492 e. The molecule has 3 rings (SSSR count). The fourth-order valence-corrected chi connectivity index (χ4v) is 4.50. The molecule has 1 aliphatic heterocycles. The largest absolute Gasteiger partial charge is 0.492 e. The number of guanidine groups is 1. The Morgan fingerprint density at radius 2 is 1.97 bits per heavy atom. The molecule has 0 aromatic heterocycles. The molecule has 1 saturated carbocycles. The maximum absolute atomic E-state index is 5.98. The first-order valence-corrected chi connectivity index (χ1v) is 11.7. The van der Waals surface area contributed by atoms with Crippen LogP contribution in [-0.4, -0.2) is 77.6 Å². The van der Waals surface area contributed by atoms with Crippen LogP contribution >= 0.6 is 0 Å². The molecule has 2 fully saturated rings. The molecule has 1 aliphatic carbocycles. The predicted molar refractivity (Wildman–Crippen MR) is 125 cm³/mol. The Balaban J connectivity index is 1.42. The molecular formula is C24H40N4O3. The van der Waals surface area contributed by atoms with E-state index in [1.807, 2.05) is 13.1 Å². The molecule has 1 aromatic carbocycles. The molecule has 1 heterocycles. The molecule has 2 aliphatic rings. The highest BCUT2D eigenvalue weighted by Crippen LogP contribution is 2.40. The Kier molecular flexibility index (Phi) is 9.90. The van der Waals surface area contributed by atoms with Crippen LogP contribution in [0.1, 0.15) is 37.7 Å². The van der Waals surface area contributed by atoms with Crippen molar-refractivity contribution in [2.45, 2.75) is 38.6 Å². The lowest BCUT2D eigenvalue weighted by Gasteiger charge is -2.30. The van der Waals surface area contributed by atoms with Crippen LogP contribution in [0.3, 0.4) is 0 Å². The van der Waals surface area contributed by atoms with Crippen molar-refractivity contribution in [3.05, 3.63) is 29.8 Å². The number of benzene rings is 1. The summed E-state index contributed by atoms with van der Waals surface area (Å²) in [6, 6.07) is 8.30. The van der Waals surface area contributed by atoms with Crippen molar-refractivity contribution in [3.63, 3.8) is 0 Å². The maximum atomic E-state index is 5.98. The van der Waals surface area contributed by atoms with Gasteiger partial charge in [0.1, 0.15) is 12.4 Å². The van der Waals surface area contributed by atoms with Gasteiger partial charge in [-0.1, -0.05) is 25.0 Å². The zero-order chi connectivity index (χ0) is 21.8. The van der Waals surface area contributed by atoms with E-state index in [0.717, 1.165) is 64.1 Å². The number of hydrogen-bond donors (Lipinski definition) is 2. The van der Waals surface area contributed by atoms with Crippen molar-refractivity contribution in [2.75, 3.05) is 66.8 Å². The third kappa shape index (κ3) is 7.98. The first-order valence-electron chi connectivity index (χ1n) is 11.7. The van der Waals surface area contributed by atoms with E-state index in [9.17, 15) is 0 Å². The fourth-order valence-electron chi connectivity index (χ4n) is 4.50. The van der Waals surface area contributed by atoms with Gasteiger partial charge in [0.05, 0.1) is 13.2 Å². The number of methoxy groups -OCH3 is 1. The van der Waals surface area contributed by atoms with Gasteiger partial charge in [0.15, 0.2) is 5.96 Å². The van der Waals surface area contributed by atoms with Crippen LogP contribution in [0.25, 0.3) is 0 Å². The zero-order valence-electron chi connectivity index (χ0n) is 19.3. The number of ether oxygens (including phenoxy) is 3. The predicted octanol–water partition coefficient (Wildman–Crippen LogP) is 2.66. The highest BCUT2D eigenvalue weighted by Gasteiger charge is 2.33. The van der Waals surface area contributed by atoms with E-state index in [2.05, 4.69) is 38.7 Å². The summed E-state index contributed by atoms with van der Waals surface area (Å²) in [5.74, 6) is 1.77. The summed E-state index contributed by atoms with van der Waals surface area (Å²) in [5, 5.41) is 7.00. The van der Waals surface area contributed by atoms with Gasteiger partial charge in [-0.3, -0.25) is 9.89 Å². The van der Waals surface area contributed by atoms with Crippen molar-refractivity contribution in [2.24, 2.45) is 10.4 Å². The summed E-state index contributed by atoms with van der Waals surface area (Å²) in [4.78, 5) is 6.80. The standard InChI is InChI=1S/C24H40N4O3/c1-25-23(27-20-24(10-14-29-2)8-3-4-9-24)26-19-21-6-5-7-22(18-21)31-17-13-28-11-15-30-16-12-28/h5-7,18H,3-4,8-17,19-20H2,1-2H3,(H2,25,26,27). The van der Waals surface area contributed by atoms with E-state index < -0.39 is 0 Å². The summed E-state index contributed by atoms with van der Waals surface area (Å²) in [5.41, 5.74) is 1.52. The fraction of sp³-hybridized carbons (Fsp3) is 0.708. The van der Waals surface area contributed by atoms with Crippen molar-refractivity contribution in [3.8, 4) is 5.75 Å². The molecule has 31 heavy (non-hydrogen) atoms. The summed E-state index contributed by atoms with van der Waals surface area (Å²) >= 11 is 0. The molecule has 7 nitrogen and oxygen atoms in total. The van der Waals surface area contributed by atoms with E-state index in [-0.39, 0.29) is 0 Å². The second-order valence-electron chi connectivity index (χ2n) is 8.68. The van der Waals surface area contributed by atoms with Gasteiger partial charge in [0, 0.05) is 53.5 Å². The normalized spacial score (nSPS) is 19.4. The van der Waals surface area contributed by atoms with Crippen LogP contribution in [-0.2, 0) is 16.0 Å². The van der Waals surface area contributed by atoms with Crippen molar-refractivity contribution < 1.29 is 14.2 Å². The molecule has 0 amide bonds. The lowest BCUT2D eigenvalue weighted by atomic mass is 9.83. The SMILES string of the molecule is CN=C(NCc1cccc(OCCN2CCOCC2)c1)NCC1(CCOC)CCCC1. The Hall–Kier alpha value is -1.83. The van der Waals surface area contributed by atoms with E-state index in [1.54, 1.807) is 7.11 Å². The molecule has 174 valence electrons. The van der Waals surface area contributed by atoms with Gasteiger partial charge in [-0.05, 0) is 42.4 Å². The molecule has 1 saturated heterocycles. The molecule has 0 atom stereocenters. The second-order valence-corrected chi connectivity index (χ2v) is 8.68. The van der Waals surface area contributed by atoms with Crippen molar-refractivity contribution >= 4 is 5.96 Å². The monoisotopic (exact) mass is 432 g/mol. The van der Waals surface area contributed by atoms with Crippen LogP contribution in [0.15, 0.2) is 29.3 Å². The van der Waals surface area contributed by atoms with Gasteiger partial charge in [-0.25, -0.2) is 0 Å². The number of rotatable bonds is 11. The first kappa shape index (κ1) is 23.8. The summed E-state index contributed by atoms with van der Waals surface area (Å²) in [7, 11) is 3.62. The summed E-state index contributed by atoms with van der Waals surface area (Å²) in [6.07, 6.45) is 6.28. The number of morpholine rings is 1. The Morgan fingerprint density at radius 1 is 1.16 bits per heavy atom. The second kappa shape index (κ2) is 12.9. The van der Waals surface area contributed by atoms with E-state index >= 15 is 0 Å². The average molecular weight is 433 g/mol. The van der Waals surface area contributed by atoms with Gasteiger partial charge in [0.2, 0.25) is 0 Å². The number of nitrogens with zero attached hydrogens (tertiary/aromatic N) is 2. The summed E-state index contributed by atoms with van der Waals surface area (Å²) in [6.45, 7) is 7.75. The molecule has 0 radical (unpaired) electrons. The van der Waals surface area contributed by atoms with Crippen molar-refractivity contribution in [1.29, 1.82) is 0 Å². The Labute approximate surface area is 187 Å². The minimum absolute atomic E-state index is 0.335. The lowest BCUT2D eigenvalue weighted by molar-refractivity contribution is 0.0322. The molecule has 0 bridgehead atoms. The topological polar surface area (TPSA) is 67.4 Å². The van der Waals surface area contributed by atoms with Gasteiger partial charge in [-0.15, -0.1) is 0 Å². The summed E-state index contributed by atoms with van der Waals surface area (Å²) < 4.78 is 16.7. The van der Waals surface area contributed by atoms with Crippen LogP contribution in [0.2, 0.25) is 0 Å². The highest BCUT2D eigenvalue weighted by atomic mass is 16.5. The van der Waals surface area contributed by atoms with Gasteiger partial charge >= 0.3 is 0 Å².